The van der Waals surface area contributed by atoms with Crippen LogP contribution in [0.15, 0.2) is 95.2 Å². The van der Waals surface area contributed by atoms with Crippen molar-refractivity contribution in [2.75, 3.05) is 11.9 Å². The largest absolute Gasteiger partial charge is 0.505 e. The normalized spacial score (nSPS) is 11.0. The van der Waals surface area contributed by atoms with Crippen LogP contribution in [-0.4, -0.2) is 17.6 Å². The monoisotopic (exact) mass is 411 g/mol. The van der Waals surface area contributed by atoms with E-state index in [0.29, 0.717) is 23.4 Å². The third-order valence-corrected chi connectivity index (χ3v) is 4.68. The van der Waals surface area contributed by atoms with Crippen molar-refractivity contribution in [3.8, 4) is 11.5 Å². The second-order valence-corrected chi connectivity index (χ2v) is 6.79. The molecule has 31 heavy (non-hydrogen) atoms. The average molecular weight is 411 g/mol. The molecule has 4 rings (SSSR count). The highest BCUT2D eigenvalue weighted by atomic mass is 16.5. The van der Waals surface area contributed by atoms with Crippen LogP contribution < -0.4 is 10.1 Å². The quantitative estimate of drug-likeness (QED) is 0.350. The standard InChI is InChI=1S/C25H21N3O3/c1-2-31-20-14-12-18(13-15-20)26-25(30)22-16-17-8-6-7-11-21(17)23(24(22)29)28-27-19-9-4-3-5-10-19/h3-16,29H,2H2,1H3,(H,26,30). The fraction of sp³-hybridized carbons (Fsp3) is 0.0800. The number of hydrogen-bond acceptors (Lipinski definition) is 5. The van der Waals surface area contributed by atoms with E-state index >= 15 is 0 Å². The molecule has 1 amide bonds. The van der Waals surface area contributed by atoms with E-state index in [1.807, 2.05) is 61.5 Å². The zero-order valence-corrected chi connectivity index (χ0v) is 16.9. The Balaban J connectivity index is 1.70. The molecule has 0 aliphatic heterocycles. The molecule has 0 spiro atoms. The first-order valence-electron chi connectivity index (χ1n) is 9.91. The number of amides is 1. The number of nitrogens with one attached hydrogen (secondary N) is 1. The molecular formula is C25H21N3O3. The molecule has 2 N–H and O–H groups in total. The van der Waals surface area contributed by atoms with Gasteiger partial charge in [0, 0.05) is 11.1 Å². The molecule has 4 aromatic rings. The minimum Gasteiger partial charge on any atom is -0.505 e. The van der Waals surface area contributed by atoms with Gasteiger partial charge in [0.1, 0.15) is 11.4 Å². The number of carbonyl (C=O) groups excluding carboxylic acids is 1. The fourth-order valence-electron chi connectivity index (χ4n) is 3.19. The molecule has 0 fully saturated rings. The van der Waals surface area contributed by atoms with Crippen molar-refractivity contribution in [1.82, 2.24) is 0 Å². The van der Waals surface area contributed by atoms with Crippen molar-refractivity contribution in [3.05, 3.63) is 90.5 Å². The summed E-state index contributed by atoms with van der Waals surface area (Å²) in [5, 5.41) is 23.7. The smallest absolute Gasteiger partial charge is 0.259 e. The Morgan fingerprint density at radius 1 is 0.935 bits per heavy atom. The Bertz CT molecular complexity index is 1240. The maximum absolute atomic E-state index is 12.9. The van der Waals surface area contributed by atoms with Crippen molar-refractivity contribution in [3.63, 3.8) is 0 Å². The number of hydrogen-bond donors (Lipinski definition) is 2. The summed E-state index contributed by atoms with van der Waals surface area (Å²) in [6, 6.07) is 25.3. The average Bonchev–Trinajstić information content (AvgIpc) is 2.80. The number of benzene rings is 4. The van der Waals surface area contributed by atoms with Crippen molar-refractivity contribution < 1.29 is 14.6 Å². The summed E-state index contributed by atoms with van der Waals surface area (Å²) in [5.74, 6) is 0.0584. The molecular weight excluding hydrogens is 390 g/mol. The van der Waals surface area contributed by atoms with Crippen LogP contribution in [-0.2, 0) is 0 Å². The maximum atomic E-state index is 12.9. The van der Waals surface area contributed by atoms with Crippen LogP contribution in [0.2, 0.25) is 0 Å². The van der Waals surface area contributed by atoms with Gasteiger partial charge in [0.2, 0.25) is 0 Å². The van der Waals surface area contributed by atoms with E-state index in [9.17, 15) is 9.90 Å². The SMILES string of the molecule is CCOc1ccc(NC(=O)c2cc3ccccc3c(N=Nc3ccccc3)c2O)cc1. The molecule has 4 aromatic carbocycles. The zero-order valence-electron chi connectivity index (χ0n) is 16.9. The van der Waals surface area contributed by atoms with E-state index in [1.165, 1.54) is 0 Å². The van der Waals surface area contributed by atoms with Crippen molar-refractivity contribution in [2.24, 2.45) is 10.2 Å². The Morgan fingerprint density at radius 3 is 2.39 bits per heavy atom. The van der Waals surface area contributed by atoms with Gasteiger partial charge in [-0.25, -0.2) is 0 Å². The van der Waals surface area contributed by atoms with Crippen LogP contribution >= 0.6 is 0 Å². The van der Waals surface area contributed by atoms with E-state index in [0.717, 1.165) is 11.1 Å². The summed E-state index contributed by atoms with van der Waals surface area (Å²) in [6.45, 7) is 2.47. The number of carbonyl (C=O) groups is 1. The first kappa shape index (κ1) is 20.1. The highest BCUT2D eigenvalue weighted by Crippen LogP contribution is 2.39. The molecule has 0 saturated heterocycles. The molecule has 0 atom stereocenters. The van der Waals surface area contributed by atoms with E-state index in [2.05, 4.69) is 15.5 Å². The minimum absolute atomic E-state index is 0.120. The summed E-state index contributed by atoms with van der Waals surface area (Å²) in [7, 11) is 0. The summed E-state index contributed by atoms with van der Waals surface area (Å²) >= 11 is 0. The molecule has 0 heterocycles. The molecule has 0 bridgehead atoms. The van der Waals surface area contributed by atoms with Crippen LogP contribution in [0.1, 0.15) is 17.3 Å². The lowest BCUT2D eigenvalue weighted by Gasteiger charge is -2.11. The summed E-state index contributed by atoms with van der Waals surface area (Å²) in [4.78, 5) is 12.9. The predicted octanol–water partition coefficient (Wildman–Crippen LogP) is 6.61. The lowest BCUT2D eigenvalue weighted by molar-refractivity contribution is 0.102. The Hall–Kier alpha value is -4.19. The Morgan fingerprint density at radius 2 is 1.65 bits per heavy atom. The molecule has 0 saturated carbocycles. The number of rotatable bonds is 6. The number of phenolic OH excluding ortho intramolecular Hbond substituents is 1. The highest BCUT2D eigenvalue weighted by Gasteiger charge is 2.18. The van der Waals surface area contributed by atoms with Crippen LogP contribution in [0.3, 0.4) is 0 Å². The van der Waals surface area contributed by atoms with E-state index in [1.54, 1.807) is 30.3 Å². The van der Waals surface area contributed by atoms with Gasteiger partial charge in [-0.1, -0.05) is 42.5 Å². The fourth-order valence-corrected chi connectivity index (χ4v) is 3.19. The van der Waals surface area contributed by atoms with Crippen LogP contribution in [0.25, 0.3) is 10.8 Å². The second-order valence-electron chi connectivity index (χ2n) is 6.79. The minimum atomic E-state index is -0.441. The van der Waals surface area contributed by atoms with Crippen molar-refractivity contribution >= 4 is 33.7 Å². The number of azo groups is 1. The number of aromatic hydroxyl groups is 1. The molecule has 0 aromatic heterocycles. The van der Waals surface area contributed by atoms with Gasteiger partial charge in [0.05, 0.1) is 17.9 Å². The Labute approximate surface area is 179 Å². The molecule has 6 heteroatoms. The second kappa shape index (κ2) is 9.09. The van der Waals surface area contributed by atoms with Crippen molar-refractivity contribution in [2.45, 2.75) is 6.92 Å². The van der Waals surface area contributed by atoms with Crippen LogP contribution in [0.5, 0.6) is 11.5 Å². The number of nitrogens with zero attached hydrogens (tertiary/aromatic N) is 2. The van der Waals surface area contributed by atoms with Gasteiger partial charge in [0.25, 0.3) is 5.91 Å². The molecule has 6 nitrogen and oxygen atoms in total. The van der Waals surface area contributed by atoms with Gasteiger partial charge >= 0.3 is 0 Å². The van der Waals surface area contributed by atoms with Gasteiger partial charge < -0.3 is 15.2 Å². The van der Waals surface area contributed by atoms with Crippen molar-refractivity contribution in [1.29, 1.82) is 0 Å². The molecule has 0 radical (unpaired) electrons. The summed E-state index contributed by atoms with van der Waals surface area (Å²) in [5.41, 5.74) is 1.61. The highest BCUT2D eigenvalue weighted by molar-refractivity contribution is 6.11. The lowest BCUT2D eigenvalue weighted by Crippen LogP contribution is -2.12. The number of ether oxygens (including phenoxy) is 1. The third kappa shape index (κ3) is 4.53. The van der Waals surface area contributed by atoms with Gasteiger partial charge in [-0.05, 0) is 54.8 Å². The Kier molecular flexibility index (Phi) is 5.89. The van der Waals surface area contributed by atoms with Gasteiger partial charge in [-0.2, -0.15) is 5.11 Å². The zero-order chi connectivity index (χ0) is 21.6. The predicted molar refractivity (Wildman–Crippen MR) is 122 cm³/mol. The third-order valence-electron chi connectivity index (χ3n) is 4.68. The molecule has 0 unspecified atom stereocenters. The number of anilines is 1. The topological polar surface area (TPSA) is 83.3 Å². The van der Waals surface area contributed by atoms with Crippen LogP contribution in [0.4, 0.5) is 17.1 Å². The van der Waals surface area contributed by atoms with Gasteiger partial charge in [-0.15, -0.1) is 5.11 Å². The lowest BCUT2D eigenvalue weighted by atomic mass is 10.0. The summed E-state index contributed by atoms with van der Waals surface area (Å²) in [6.07, 6.45) is 0. The van der Waals surface area contributed by atoms with E-state index < -0.39 is 5.91 Å². The first-order chi connectivity index (χ1) is 15.2. The van der Waals surface area contributed by atoms with E-state index in [-0.39, 0.29) is 17.0 Å². The van der Waals surface area contributed by atoms with Gasteiger partial charge in [0.15, 0.2) is 5.75 Å². The summed E-state index contributed by atoms with van der Waals surface area (Å²) < 4.78 is 5.42. The molecule has 0 aliphatic rings. The maximum Gasteiger partial charge on any atom is 0.259 e. The van der Waals surface area contributed by atoms with E-state index in [4.69, 9.17) is 4.74 Å². The molecule has 0 aliphatic carbocycles. The first-order valence-corrected chi connectivity index (χ1v) is 9.91. The number of fused-ring (bicyclic) bond motifs is 1. The van der Waals surface area contributed by atoms with Gasteiger partial charge in [-0.3, -0.25) is 4.79 Å². The molecule has 154 valence electrons. The van der Waals surface area contributed by atoms with Crippen LogP contribution in [0, 0.1) is 0 Å². The number of phenols is 1.